The van der Waals surface area contributed by atoms with E-state index >= 15 is 0 Å². The Morgan fingerprint density at radius 3 is 0.963 bits per heavy atom. The maximum atomic E-state index is 11.2. The molecule has 0 aromatic heterocycles. The molecule has 1 rings (SSSR count). The zero-order chi connectivity index (χ0) is 39.9. The Morgan fingerprint density at radius 1 is 0.407 bits per heavy atom. The van der Waals surface area contributed by atoms with Gasteiger partial charge in [-0.25, -0.2) is 8.42 Å². The summed E-state index contributed by atoms with van der Waals surface area (Å²) in [4.78, 5) is -0.0501. The summed E-state index contributed by atoms with van der Waals surface area (Å²) < 4.78 is 34.9. The van der Waals surface area contributed by atoms with Crippen molar-refractivity contribution in [1.82, 2.24) is 0 Å². The van der Waals surface area contributed by atoms with Crippen LogP contribution in [0.2, 0.25) is 0 Å². The fourth-order valence-electron chi connectivity index (χ4n) is 7.97. The summed E-state index contributed by atoms with van der Waals surface area (Å²) >= 11 is 0. The van der Waals surface area contributed by atoms with Crippen molar-refractivity contribution in [2.45, 2.75) is 257 Å². The van der Waals surface area contributed by atoms with Gasteiger partial charge < -0.3 is 9.04 Å². The Hall–Kier alpha value is -0.910. The number of quaternary nitrogens is 1. The van der Waals surface area contributed by atoms with Crippen molar-refractivity contribution in [2.24, 2.45) is 0 Å². The van der Waals surface area contributed by atoms with Gasteiger partial charge in [0.2, 0.25) is 0 Å². The first-order valence-electron chi connectivity index (χ1n) is 24.1. The Morgan fingerprint density at radius 2 is 0.667 bits per heavy atom. The van der Waals surface area contributed by atoms with E-state index in [9.17, 15) is 13.0 Å². The van der Waals surface area contributed by atoms with Crippen LogP contribution in [0.25, 0.3) is 0 Å². The number of hydrogen-bond donors (Lipinski definition) is 0. The maximum Gasteiger partial charge on any atom is 0.124 e. The van der Waals surface area contributed by atoms with Gasteiger partial charge in [-0.1, -0.05) is 219 Å². The lowest BCUT2D eigenvalue weighted by Gasteiger charge is -2.35. The summed E-state index contributed by atoms with van der Waals surface area (Å²) in [5, 5.41) is 0. The van der Waals surface area contributed by atoms with E-state index in [1.807, 2.05) is 0 Å². The highest BCUT2D eigenvalue weighted by atomic mass is 32.2. The molecule has 0 saturated carbocycles. The molecule has 0 aliphatic carbocycles. The molecule has 0 bridgehead atoms. The molecule has 5 heteroatoms. The van der Waals surface area contributed by atoms with Crippen LogP contribution in [0, 0.1) is 0 Å². The molecule has 0 aliphatic rings. The van der Waals surface area contributed by atoms with Gasteiger partial charge in [-0.05, 0) is 63.0 Å². The molecule has 1 aromatic rings. The summed E-state index contributed by atoms with van der Waals surface area (Å²) in [5.41, 5.74) is 0.664. The number of rotatable bonds is 39. The summed E-state index contributed by atoms with van der Waals surface area (Å²) in [6.07, 6.45) is 48.0. The zero-order valence-corrected chi connectivity index (χ0v) is 38.1. The summed E-state index contributed by atoms with van der Waals surface area (Å²) in [5.74, 6) is 0. The smallest absolute Gasteiger partial charge is 0.124 e. The van der Waals surface area contributed by atoms with Crippen molar-refractivity contribution in [3.8, 4) is 0 Å². The van der Waals surface area contributed by atoms with Gasteiger partial charge >= 0.3 is 0 Å². The van der Waals surface area contributed by atoms with E-state index in [1.165, 1.54) is 236 Å². The number of nitrogens with zero attached hydrogens (tertiary/aromatic N) is 1. The van der Waals surface area contributed by atoms with Crippen LogP contribution in [-0.4, -0.2) is 44.1 Å². The van der Waals surface area contributed by atoms with Gasteiger partial charge in [-0.15, -0.1) is 0 Å². The Balaban J connectivity index is 0.00000111. The van der Waals surface area contributed by atoms with Crippen molar-refractivity contribution in [1.29, 1.82) is 0 Å². The summed E-state index contributed by atoms with van der Waals surface area (Å²) in [7, 11) is -1.76. The Labute approximate surface area is 340 Å². The van der Waals surface area contributed by atoms with Gasteiger partial charge in [0.05, 0.1) is 31.6 Å². The third-order valence-electron chi connectivity index (χ3n) is 11.7. The van der Waals surface area contributed by atoms with Crippen LogP contribution in [0.15, 0.2) is 29.2 Å². The zero-order valence-electron chi connectivity index (χ0n) is 37.3. The van der Waals surface area contributed by atoms with E-state index < -0.39 is 10.1 Å². The first-order valence-corrected chi connectivity index (χ1v) is 25.5. The van der Waals surface area contributed by atoms with Crippen molar-refractivity contribution in [3.05, 3.63) is 29.8 Å². The van der Waals surface area contributed by atoms with E-state index in [1.54, 1.807) is 18.2 Å². The number of hydrogen-bond acceptors (Lipinski definition) is 3. The fourth-order valence-corrected chi connectivity index (χ4v) is 8.71. The molecule has 0 spiro atoms. The van der Waals surface area contributed by atoms with Crippen molar-refractivity contribution < 1.29 is 17.5 Å². The Bertz CT molecular complexity index is 960. The van der Waals surface area contributed by atoms with E-state index in [-0.39, 0.29) is 4.90 Å². The molecule has 0 unspecified atom stereocenters. The molecular weight excluding hydrogens is 683 g/mol. The second kappa shape index (κ2) is 38.9. The molecular formula is C49H95NO3S. The number of unbranched alkanes of at least 4 members (excludes halogenated alkanes) is 30. The predicted octanol–water partition coefficient (Wildman–Crippen LogP) is 15.9. The minimum Gasteiger partial charge on any atom is -0.744 e. The first-order chi connectivity index (χ1) is 26.2. The second-order valence-electron chi connectivity index (χ2n) is 17.2. The molecule has 0 atom stereocenters. The topological polar surface area (TPSA) is 57.2 Å². The largest absolute Gasteiger partial charge is 0.744 e. The third-order valence-corrected chi connectivity index (χ3v) is 12.6. The molecule has 0 N–H and O–H groups in total. The lowest BCUT2D eigenvalue weighted by molar-refractivity contribution is -0.910. The average molecular weight is 778 g/mol. The van der Waals surface area contributed by atoms with Crippen LogP contribution >= 0.6 is 0 Å². The van der Waals surface area contributed by atoms with Gasteiger partial charge in [0, 0.05) is 0 Å². The highest BCUT2D eigenvalue weighted by molar-refractivity contribution is 7.85. The maximum absolute atomic E-state index is 11.2. The van der Waals surface area contributed by atoms with Gasteiger partial charge in [-0.3, -0.25) is 0 Å². The highest BCUT2D eigenvalue weighted by Crippen LogP contribution is 2.20. The van der Waals surface area contributed by atoms with Gasteiger partial charge in [-0.2, -0.15) is 0 Å². The van der Waals surface area contributed by atoms with Crippen molar-refractivity contribution in [2.75, 3.05) is 26.7 Å². The number of benzene rings is 1. The van der Waals surface area contributed by atoms with Crippen LogP contribution < -0.4 is 0 Å². The minimum absolute atomic E-state index is 0.0501. The van der Waals surface area contributed by atoms with E-state index in [4.69, 9.17) is 0 Å². The highest BCUT2D eigenvalue weighted by Gasteiger charge is 2.20. The molecule has 320 valence electrons. The first kappa shape index (κ1) is 53.1. The summed E-state index contributed by atoms with van der Waals surface area (Å²) in [6, 6.07) is 6.56. The van der Waals surface area contributed by atoms with Crippen LogP contribution in [0.5, 0.6) is 0 Å². The molecule has 0 saturated heterocycles. The van der Waals surface area contributed by atoms with Crippen LogP contribution in [-0.2, 0) is 16.5 Å². The van der Waals surface area contributed by atoms with Crippen molar-refractivity contribution in [3.63, 3.8) is 0 Å². The standard InChI is InChI=1S/C31H66N.C18H30O3S/c1-5-8-11-14-17-20-23-26-29-32(4,30-27-24-21-18-15-12-9-6-2)31-28-25-22-19-16-13-10-7-3;1-2-3-4-5-6-7-8-9-10-11-14-17-15-12-13-16-18(17)22(19,20)21/h5-31H2,1-4H3;12-13,15-16H,2-11,14H2,1H3,(H,19,20,21)/q+1;/p-1. The lowest BCUT2D eigenvalue weighted by atomic mass is 10.0. The Kier molecular flexibility index (Phi) is 38.3. The van der Waals surface area contributed by atoms with E-state index in [0.717, 1.165) is 12.8 Å². The van der Waals surface area contributed by atoms with Gasteiger partial charge in [0.15, 0.2) is 0 Å². The molecule has 0 radical (unpaired) electrons. The molecule has 54 heavy (non-hydrogen) atoms. The van der Waals surface area contributed by atoms with Gasteiger partial charge in [0.25, 0.3) is 0 Å². The predicted molar refractivity (Wildman–Crippen MR) is 239 cm³/mol. The quantitative estimate of drug-likeness (QED) is 0.0380. The monoisotopic (exact) mass is 778 g/mol. The lowest BCUT2D eigenvalue weighted by Crippen LogP contribution is -2.46. The normalized spacial score (nSPS) is 11.9. The van der Waals surface area contributed by atoms with E-state index in [2.05, 4.69) is 34.7 Å². The molecule has 0 fully saturated rings. The van der Waals surface area contributed by atoms with Crippen LogP contribution in [0.3, 0.4) is 0 Å². The number of aryl methyl sites for hydroxylation is 1. The summed E-state index contributed by atoms with van der Waals surface area (Å²) in [6.45, 7) is 13.5. The SMILES string of the molecule is CCCCCCCCCCCCc1ccccc1S(=O)(=O)[O-].CCCCCCCCCC[N+](C)(CCCCCCCCCC)CCCCCCCCCC. The minimum atomic E-state index is -4.35. The van der Waals surface area contributed by atoms with Gasteiger partial charge in [0.1, 0.15) is 10.1 Å². The van der Waals surface area contributed by atoms with Crippen LogP contribution in [0.1, 0.15) is 252 Å². The fraction of sp³-hybridized carbons (Fsp3) is 0.878. The average Bonchev–Trinajstić information content (AvgIpc) is 3.16. The molecule has 1 aromatic carbocycles. The van der Waals surface area contributed by atoms with E-state index in [0.29, 0.717) is 12.0 Å². The molecule has 0 amide bonds. The van der Waals surface area contributed by atoms with Crippen molar-refractivity contribution >= 4 is 10.1 Å². The molecule has 0 aliphatic heterocycles. The molecule has 4 nitrogen and oxygen atoms in total. The van der Waals surface area contributed by atoms with Crippen LogP contribution in [0.4, 0.5) is 0 Å². The third kappa shape index (κ3) is 34.3. The molecule has 0 heterocycles. The second-order valence-corrected chi connectivity index (χ2v) is 18.6.